The van der Waals surface area contributed by atoms with E-state index in [2.05, 4.69) is 5.32 Å². The molecule has 4 saturated carbocycles. The molecule has 124 valence electrons. The summed E-state index contributed by atoms with van der Waals surface area (Å²) in [6.07, 6.45) is 10.1. The van der Waals surface area contributed by atoms with Crippen LogP contribution in [0.1, 0.15) is 38.5 Å². The summed E-state index contributed by atoms with van der Waals surface area (Å²) in [5, 5.41) is 12.8. The van der Waals surface area contributed by atoms with Gasteiger partial charge in [0.05, 0.1) is 18.1 Å². The first-order chi connectivity index (χ1) is 11.0. The van der Waals surface area contributed by atoms with Gasteiger partial charge in [-0.2, -0.15) is 0 Å². The summed E-state index contributed by atoms with van der Waals surface area (Å²) in [6, 6.07) is 0. The van der Waals surface area contributed by atoms with Crippen LogP contribution in [-0.4, -0.2) is 34.7 Å². The largest absolute Gasteiger partial charge is 0.481 e. The molecule has 6 rings (SSSR count). The van der Waals surface area contributed by atoms with Crippen LogP contribution in [0.3, 0.4) is 0 Å². The molecule has 2 N–H and O–H groups in total. The smallest absolute Gasteiger partial charge is 0.310 e. The van der Waals surface area contributed by atoms with Crippen LogP contribution in [-0.2, 0) is 14.3 Å². The summed E-state index contributed by atoms with van der Waals surface area (Å²) in [4.78, 5) is 24.5. The highest BCUT2D eigenvalue weighted by molar-refractivity contribution is 5.87. The first kappa shape index (κ1) is 14.0. The zero-order chi connectivity index (χ0) is 15.8. The fraction of sp³-hybridized carbons (Fsp3) is 0.778. The average Bonchev–Trinajstić information content (AvgIpc) is 3.05. The number of nitrogens with one attached hydrogen (secondary N) is 1. The van der Waals surface area contributed by atoms with E-state index in [0.717, 1.165) is 37.0 Å². The predicted octanol–water partition coefficient (Wildman–Crippen LogP) is 1.73. The van der Waals surface area contributed by atoms with Crippen molar-refractivity contribution in [2.24, 2.45) is 29.6 Å². The lowest BCUT2D eigenvalue weighted by Crippen LogP contribution is -2.61. The molecule has 0 aromatic carbocycles. The molecule has 23 heavy (non-hydrogen) atoms. The molecule has 5 fully saturated rings. The SMILES string of the molecule is O=C(O)[C@@H]1[C@@H](C(=O)NC23CC4CC(CC(C4)C2)C3)[C@H]2C=C[C@@H]1O2. The summed E-state index contributed by atoms with van der Waals surface area (Å²) in [5.74, 6) is -0.0629. The van der Waals surface area contributed by atoms with Gasteiger partial charge in [0.15, 0.2) is 0 Å². The Morgan fingerprint density at radius 3 is 2.00 bits per heavy atom. The molecule has 0 aromatic heterocycles. The molecule has 0 unspecified atom stereocenters. The Labute approximate surface area is 135 Å². The maximum Gasteiger partial charge on any atom is 0.310 e. The normalized spacial score (nSPS) is 52.1. The molecule has 2 heterocycles. The Hall–Kier alpha value is -1.36. The second-order valence-electron chi connectivity index (χ2n) is 8.53. The van der Waals surface area contributed by atoms with Crippen LogP contribution in [0.5, 0.6) is 0 Å². The van der Waals surface area contributed by atoms with Gasteiger partial charge in [-0.05, 0) is 56.3 Å². The number of carboxylic acids is 1. The molecule has 6 aliphatic rings. The monoisotopic (exact) mass is 317 g/mol. The van der Waals surface area contributed by atoms with Crippen molar-refractivity contribution in [1.29, 1.82) is 0 Å². The van der Waals surface area contributed by atoms with Gasteiger partial charge in [0.25, 0.3) is 0 Å². The summed E-state index contributed by atoms with van der Waals surface area (Å²) < 4.78 is 5.65. The van der Waals surface area contributed by atoms with Crippen molar-refractivity contribution in [2.75, 3.05) is 0 Å². The van der Waals surface area contributed by atoms with Crippen molar-refractivity contribution in [3.05, 3.63) is 12.2 Å². The standard InChI is InChI=1S/C18H23NO4/c20-16(14-12-1-2-13(23-12)15(14)17(21)22)19-18-6-9-3-10(7-18)5-11(4-9)8-18/h1-2,9-15H,3-8H2,(H,19,20)(H,21,22)/t9?,10?,11?,12-,13+,14+,15+,18?/m1/s1. The number of carbonyl (C=O) groups is 2. The van der Waals surface area contributed by atoms with Gasteiger partial charge in [0.2, 0.25) is 5.91 Å². The van der Waals surface area contributed by atoms with Gasteiger partial charge in [-0.15, -0.1) is 0 Å². The van der Waals surface area contributed by atoms with Crippen molar-refractivity contribution < 1.29 is 19.4 Å². The lowest BCUT2D eigenvalue weighted by Gasteiger charge is -2.57. The lowest BCUT2D eigenvalue weighted by atomic mass is 9.53. The average molecular weight is 317 g/mol. The van der Waals surface area contributed by atoms with Crippen molar-refractivity contribution in [3.63, 3.8) is 0 Å². The Bertz CT molecular complexity index is 563. The van der Waals surface area contributed by atoms with E-state index in [9.17, 15) is 14.7 Å². The number of hydrogen-bond acceptors (Lipinski definition) is 3. The Morgan fingerprint density at radius 2 is 1.48 bits per heavy atom. The maximum absolute atomic E-state index is 12.9. The number of rotatable bonds is 3. The summed E-state index contributed by atoms with van der Waals surface area (Å²) in [6.45, 7) is 0. The van der Waals surface area contributed by atoms with Gasteiger partial charge in [0.1, 0.15) is 5.92 Å². The quantitative estimate of drug-likeness (QED) is 0.777. The fourth-order valence-electron chi connectivity index (χ4n) is 6.52. The van der Waals surface area contributed by atoms with Gasteiger partial charge in [0, 0.05) is 5.54 Å². The third-order valence-electron chi connectivity index (χ3n) is 6.91. The van der Waals surface area contributed by atoms with E-state index >= 15 is 0 Å². The highest BCUT2D eigenvalue weighted by Crippen LogP contribution is 2.56. The van der Waals surface area contributed by atoms with E-state index in [1.54, 1.807) is 6.08 Å². The minimum Gasteiger partial charge on any atom is -0.481 e. The zero-order valence-electron chi connectivity index (χ0n) is 13.1. The molecule has 4 aliphatic carbocycles. The molecule has 6 bridgehead atoms. The van der Waals surface area contributed by atoms with Gasteiger partial charge in [-0.3, -0.25) is 9.59 Å². The summed E-state index contributed by atoms with van der Waals surface area (Å²) in [7, 11) is 0. The maximum atomic E-state index is 12.9. The summed E-state index contributed by atoms with van der Waals surface area (Å²) >= 11 is 0. The number of ether oxygens (including phenoxy) is 1. The van der Waals surface area contributed by atoms with Crippen molar-refractivity contribution >= 4 is 11.9 Å². The van der Waals surface area contributed by atoms with Crippen molar-refractivity contribution in [2.45, 2.75) is 56.3 Å². The minimum atomic E-state index is -0.924. The minimum absolute atomic E-state index is 0.0690. The van der Waals surface area contributed by atoms with Gasteiger partial charge in [-0.1, -0.05) is 12.2 Å². The van der Waals surface area contributed by atoms with Gasteiger partial charge in [-0.25, -0.2) is 0 Å². The number of amides is 1. The van der Waals surface area contributed by atoms with Gasteiger partial charge < -0.3 is 15.2 Å². The van der Waals surface area contributed by atoms with E-state index in [1.807, 2.05) is 6.08 Å². The molecule has 2 aliphatic heterocycles. The number of carboxylic acid groups (broad SMARTS) is 1. The first-order valence-electron chi connectivity index (χ1n) is 8.92. The molecule has 0 radical (unpaired) electrons. The van der Waals surface area contributed by atoms with E-state index in [0.29, 0.717) is 0 Å². The third kappa shape index (κ3) is 2.02. The van der Waals surface area contributed by atoms with Crippen LogP contribution >= 0.6 is 0 Å². The number of aliphatic carboxylic acids is 1. The molecular weight excluding hydrogens is 294 g/mol. The van der Waals surface area contributed by atoms with Crippen LogP contribution in [0.25, 0.3) is 0 Å². The molecule has 4 atom stereocenters. The molecular formula is C18H23NO4. The van der Waals surface area contributed by atoms with E-state index in [-0.39, 0.29) is 17.6 Å². The molecule has 1 amide bonds. The van der Waals surface area contributed by atoms with Crippen LogP contribution in [0.15, 0.2) is 12.2 Å². The lowest BCUT2D eigenvalue weighted by molar-refractivity contribution is -0.148. The number of carbonyl (C=O) groups excluding carboxylic acids is 1. The molecule has 1 saturated heterocycles. The highest BCUT2D eigenvalue weighted by Gasteiger charge is 2.56. The molecule has 5 heteroatoms. The second kappa shape index (κ2) is 4.59. The Morgan fingerprint density at radius 1 is 0.957 bits per heavy atom. The van der Waals surface area contributed by atoms with Crippen molar-refractivity contribution in [3.8, 4) is 0 Å². The first-order valence-corrected chi connectivity index (χ1v) is 8.92. The second-order valence-corrected chi connectivity index (χ2v) is 8.53. The predicted molar refractivity (Wildman–Crippen MR) is 81.5 cm³/mol. The number of hydrogen-bond donors (Lipinski definition) is 2. The number of fused-ring (bicyclic) bond motifs is 2. The summed E-state index contributed by atoms with van der Waals surface area (Å²) in [5.41, 5.74) is -0.0690. The highest BCUT2D eigenvalue weighted by atomic mass is 16.5. The third-order valence-corrected chi connectivity index (χ3v) is 6.91. The van der Waals surface area contributed by atoms with E-state index in [4.69, 9.17) is 4.74 Å². The van der Waals surface area contributed by atoms with Gasteiger partial charge >= 0.3 is 5.97 Å². The van der Waals surface area contributed by atoms with Crippen LogP contribution in [0, 0.1) is 29.6 Å². The van der Waals surface area contributed by atoms with Crippen LogP contribution in [0.2, 0.25) is 0 Å². The Kier molecular flexibility index (Phi) is 2.80. The molecule has 0 spiro atoms. The fourth-order valence-corrected chi connectivity index (χ4v) is 6.52. The Balaban J connectivity index is 1.37. The van der Waals surface area contributed by atoms with Crippen molar-refractivity contribution in [1.82, 2.24) is 5.32 Å². The van der Waals surface area contributed by atoms with Crippen LogP contribution < -0.4 is 5.32 Å². The van der Waals surface area contributed by atoms with E-state index in [1.165, 1.54) is 19.3 Å². The molecule has 5 nitrogen and oxygen atoms in total. The van der Waals surface area contributed by atoms with E-state index < -0.39 is 23.9 Å². The van der Waals surface area contributed by atoms with Crippen LogP contribution in [0.4, 0.5) is 0 Å². The topological polar surface area (TPSA) is 75.6 Å². The molecule has 0 aromatic rings. The zero-order valence-corrected chi connectivity index (χ0v) is 13.1.